The predicted octanol–water partition coefficient (Wildman–Crippen LogP) is 2.81. The summed E-state index contributed by atoms with van der Waals surface area (Å²) in [6.45, 7) is 5.25. The van der Waals surface area contributed by atoms with Crippen LogP contribution >= 0.6 is 0 Å². The molecule has 1 aliphatic carbocycles. The molecule has 0 saturated carbocycles. The Labute approximate surface area is 125 Å². The first-order valence-electron chi connectivity index (χ1n) is 7.60. The molecule has 112 valence electrons. The Kier molecular flexibility index (Phi) is 3.72. The SMILES string of the molecule is Cc1ccc(O)c2c1C(C)CC2NCCc1ccn(C)n1. The average Bonchev–Trinajstić information content (AvgIpc) is 2.99. The second kappa shape index (κ2) is 5.53. The van der Waals surface area contributed by atoms with Gasteiger partial charge in [-0.05, 0) is 42.5 Å². The third kappa shape index (κ3) is 2.68. The standard InChI is InChI=1S/C17H23N3O/c1-11-4-5-15(21)17-14(10-12(2)16(11)17)18-8-6-13-7-9-20(3)19-13/h4-5,7,9,12,14,18,21H,6,8,10H2,1-3H3. The number of aromatic nitrogens is 2. The van der Waals surface area contributed by atoms with E-state index < -0.39 is 0 Å². The van der Waals surface area contributed by atoms with Crippen LogP contribution in [-0.2, 0) is 13.5 Å². The minimum absolute atomic E-state index is 0.249. The van der Waals surface area contributed by atoms with Crippen molar-refractivity contribution in [3.8, 4) is 5.75 Å². The number of nitrogens with one attached hydrogen (secondary N) is 1. The molecule has 1 aromatic carbocycles. The highest BCUT2D eigenvalue weighted by Gasteiger charge is 2.31. The summed E-state index contributed by atoms with van der Waals surface area (Å²) in [4.78, 5) is 0. The predicted molar refractivity (Wildman–Crippen MR) is 83.5 cm³/mol. The number of benzene rings is 1. The lowest BCUT2D eigenvalue weighted by Crippen LogP contribution is -2.22. The summed E-state index contributed by atoms with van der Waals surface area (Å²) in [5.74, 6) is 0.926. The number of aryl methyl sites for hydroxylation is 2. The maximum atomic E-state index is 10.2. The second-order valence-electron chi connectivity index (χ2n) is 6.10. The van der Waals surface area contributed by atoms with Crippen molar-refractivity contribution in [1.29, 1.82) is 0 Å². The van der Waals surface area contributed by atoms with Crippen molar-refractivity contribution in [1.82, 2.24) is 15.1 Å². The van der Waals surface area contributed by atoms with Gasteiger partial charge in [-0.15, -0.1) is 0 Å². The largest absolute Gasteiger partial charge is 0.508 e. The highest BCUT2D eigenvalue weighted by Crippen LogP contribution is 2.45. The fraction of sp³-hybridized carbons (Fsp3) is 0.471. The van der Waals surface area contributed by atoms with Crippen LogP contribution in [0.4, 0.5) is 0 Å². The van der Waals surface area contributed by atoms with E-state index in [1.54, 1.807) is 0 Å². The monoisotopic (exact) mass is 285 g/mol. The second-order valence-corrected chi connectivity index (χ2v) is 6.10. The molecular weight excluding hydrogens is 262 g/mol. The summed E-state index contributed by atoms with van der Waals surface area (Å²) in [7, 11) is 1.94. The van der Waals surface area contributed by atoms with E-state index in [-0.39, 0.29) is 6.04 Å². The van der Waals surface area contributed by atoms with E-state index in [9.17, 15) is 5.11 Å². The van der Waals surface area contributed by atoms with Crippen molar-refractivity contribution in [2.45, 2.75) is 38.6 Å². The molecular formula is C17H23N3O. The molecule has 2 atom stereocenters. The lowest BCUT2D eigenvalue weighted by atomic mass is 9.97. The van der Waals surface area contributed by atoms with Crippen molar-refractivity contribution < 1.29 is 5.11 Å². The average molecular weight is 285 g/mol. The fourth-order valence-electron chi connectivity index (χ4n) is 3.50. The van der Waals surface area contributed by atoms with Gasteiger partial charge in [0.2, 0.25) is 0 Å². The molecule has 2 N–H and O–H groups in total. The zero-order chi connectivity index (χ0) is 15.0. The van der Waals surface area contributed by atoms with Gasteiger partial charge in [0.15, 0.2) is 0 Å². The van der Waals surface area contributed by atoms with E-state index in [1.165, 1.54) is 11.1 Å². The van der Waals surface area contributed by atoms with E-state index in [0.717, 1.165) is 30.6 Å². The molecule has 4 heteroatoms. The Hall–Kier alpha value is -1.81. The molecule has 0 radical (unpaired) electrons. The summed E-state index contributed by atoms with van der Waals surface area (Å²) in [6, 6.07) is 6.13. The molecule has 0 spiro atoms. The van der Waals surface area contributed by atoms with Gasteiger partial charge in [0.25, 0.3) is 0 Å². The summed E-state index contributed by atoms with van der Waals surface area (Å²) in [5, 5.41) is 18.2. The van der Waals surface area contributed by atoms with Gasteiger partial charge < -0.3 is 10.4 Å². The Morgan fingerprint density at radius 3 is 2.86 bits per heavy atom. The van der Waals surface area contributed by atoms with Crippen LogP contribution in [0.2, 0.25) is 0 Å². The van der Waals surface area contributed by atoms with Crippen LogP contribution in [0.1, 0.15) is 47.7 Å². The number of rotatable bonds is 4. The van der Waals surface area contributed by atoms with Gasteiger partial charge in [-0.3, -0.25) is 4.68 Å². The summed E-state index contributed by atoms with van der Waals surface area (Å²) < 4.78 is 1.83. The zero-order valence-corrected chi connectivity index (χ0v) is 12.9. The van der Waals surface area contributed by atoms with Crippen molar-refractivity contribution in [3.63, 3.8) is 0 Å². The quantitative estimate of drug-likeness (QED) is 0.908. The molecule has 0 aliphatic heterocycles. The highest BCUT2D eigenvalue weighted by atomic mass is 16.3. The molecule has 3 rings (SSSR count). The minimum Gasteiger partial charge on any atom is -0.508 e. The van der Waals surface area contributed by atoms with Gasteiger partial charge in [0, 0.05) is 37.8 Å². The maximum absolute atomic E-state index is 10.2. The van der Waals surface area contributed by atoms with Crippen molar-refractivity contribution in [2.24, 2.45) is 7.05 Å². The van der Waals surface area contributed by atoms with Crippen molar-refractivity contribution in [2.75, 3.05) is 6.54 Å². The van der Waals surface area contributed by atoms with Crippen LogP contribution in [-0.4, -0.2) is 21.4 Å². The van der Waals surface area contributed by atoms with E-state index in [1.807, 2.05) is 30.1 Å². The zero-order valence-electron chi connectivity index (χ0n) is 12.9. The van der Waals surface area contributed by atoms with E-state index in [2.05, 4.69) is 30.3 Å². The first kappa shape index (κ1) is 14.1. The van der Waals surface area contributed by atoms with Crippen LogP contribution < -0.4 is 5.32 Å². The Bertz CT molecular complexity index is 647. The molecule has 2 aromatic rings. The van der Waals surface area contributed by atoms with Gasteiger partial charge >= 0.3 is 0 Å². The van der Waals surface area contributed by atoms with E-state index >= 15 is 0 Å². The summed E-state index contributed by atoms with van der Waals surface area (Å²) in [5.41, 5.74) is 4.81. The molecule has 0 bridgehead atoms. The van der Waals surface area contributed by atoms with E-state index in [0.29, 0.717) is 11.7 Å². The van der Waals surface area contributed by atoms with Crippen LogP contribution in [0.25, 0.3) is 0 Å². The third-order valence-corrected chi connectivity index (χ3v) is 4.45. The minimum atomic E-state index is 0.249. The Morgan fingerprint density at radius 1 is 1.33 bits per heavy atom. The Morgan fingerprint density at radius 2 is 2.14 bits per heavy atom. The molecule has 1 aromatic heterocycles. The molecule has 4 nitrogen and oxygen atoms in total. The fourth-order valence-corrected chi connectivity index (χ4v) is 3.50. The number of phenols is 1. The molecule has 0 saturated heterocycles. The Balaban J connectivity index is 1.70. The van der Waals surface area contributed by atoms with E-state index in [4.69, 9.17) is 0 Å². The highest BCUT2D eigenvalue weighted by molar-refractivity contribution is 5.50. The van der Waals surface area contributed by atoms with Crippen LogP contribution in [0.3, 0.4) is 0 Å². The molecule has 1 heterocycles. The molecule has 2 unspecified atom stereocenters. The number of fused-ring (bicyclic) bond motifs is 1. The van der Waals surface area contributed by atoms with Gasteiger partial charge in [-0.25, -0.2) is 0 Å². The molecule has 0 fully saturated rings. The molecule has 0 amide bonds. The number of aromatic hydroxyl groups is 1. The van der Waals surface area contributed by atoms with Gasteiger partial charge in [-0.2, -0.15) is 5.10 Å². The van der Waals surface area contributed by atoms with Gasteiger partial charge in [0.05, 0.1) is 5.69 Å². The van der Waals surface area contributed by atoms with Crippen LogP contribution in [0.5, 0.6) is 5.75 Å². The van der Waals surface area contributed by atoms with Crippen LogP contribution in [0, 0.1) is 6.92 Å². The summed E-state index contributed by atoms with van der Waals surface area (Å²) in [6.07, 6.45) is 3.93. The first-order chi connectivity index (χ1) is 10.1. The summed E-state index contributed by atoms with van der Waals surface area (Å²) >= 11 is 0. The van der Waals surface area contributed by atoms with Crippen molar-refractivity contribution >= 4 is 0 Å². The topological polar surface area (TPSA) is 50.1 Å². The third-order valence-electron chi connectivity index (χ3n) is 4.45. The smallest absolute Gasteiger partial charge is 0.120 e. The first-order valence-corrected chi connectivity index (χ1v) is 7.60. The number of hydrogen-bond donors (Lipinski definition) is 2. The van der Waals surface area contributed by atoms with Crippen LogP contribution in [0.15, 0.2) is 24.4 Å². The number of nitrogens with zero attached hydrogens (tertiary/aromatic N) is 2. The van der Waals surface area contributed by atoms with Crippen molar-refractivity contribution in [3.05, 3.63) is 46.8 Å². The van der Waals surface area contributed by atoms with Gasteiger partial charge in [0.1, 0.15) is 5.75 Å². The van der Waals surface area contributed by atoms with Gasteiger partial charge in [-0.1, -0.05) is 13.0 Å². The normalized spacial score (nSPS) is 20.7. The maximum Gasteiger partial charge on any atom is 0.120 e. The molecule has 1 aliphatic rings. The number of hydrogen-bond acceptors (Lipinski definition) is 3. The lowest BCUT2D eigenvalue weighted by Gasteiger charge is -2.15. The lowest BCUT2D eigenvalue weighted by molar-refractivity contribution is 0.446. The molecule has 21 heavy (non-hydrogen) atoms. The number of phenolic OH excluding ortho intramolecular Hbond substituents is 1.